The monoisotopic (exact) mass is 245 g/mol. The molecule has 0 aliphatic heterocycles. The highest BCUT2D eigenvalue weighted by Gasteiger charge is 2.09. The first-order valence-corrected chi connectivity index (χ1v) is 6.14. The van der Waals surface area contributed by atoms with Crippen LogP contribution in [0.4, 0.5) is 0 Å². The molecule has 2 N–H and O–H groups in total. The second-order valence-electron chi connectivity index (χ2n) is 4.23. The molecular weight excluding hydrogens is 226 g/mol. The minimum Gasteiger partial charge on any atom is -0.497 e. The number of aryl methyl sites for hydroxylation is 1. The Morgan fingerprint density at radius 3 is 3.00 bits per heavy atom. The minimum atomic E-state index is -0.0559. The van der Waals surface area contributed by atoms with E-state index >= 15 is 0 Å². The Kier molecular flexibility index (Phi) is 3.99. The maximum absolute atomic E-state index is 6.23. The van der Waals surface area contributed by atoms with Crippen LogP contribution in [0.1, 0.15) is 24.4 Å². The molecule has 18 heavy (non-hydrogen) atoms. The summed E-state index contributed by atoms with van der Waals surface area (Å²) in [5.41, 5.74) is 7.30. The Hall–Kier alpha value is -1.81. The molecule has 2 rings (SSSR count). The predicted molar refractivity (Wildman–Crippen MR) is 71.5 cm³/mol. The van der Waals surface area contributed by atoms with Gasteiger partial charge in [-0.05, 0) is 17.7 Å². The summed E-state index contributed by atoms with van der Waals surface area (Å²) in [5, 5.41) is 0. The molecule has 1 aromatic heterocycles. The highest BCUT2D eigenvalue weighted by molar-refractivity contribution is 5.30. The van der Waals surface area contributed by atoms with Crippen LogP contribution in [0.15, 0.2) is 36.7 Å². The van der Waals surface area contributed by atoms with Gasteiger partial charge in [0.15, 0.2) is 0 Å². The molecule has 1 heterocycles. The number of nitrogens with two attached hydrogens (primary N) is 1. The van der Waals surface area contributed by atoms with Gasteiger partial charge >= 0.3 is 0 Å². The van der Waals surface area contributed by atoms with Gasteiger partial charge in [0.25, 0.3) is 0 Å². The predicted octanol–water partition coefficient (Wildman–Crippen LogP) is 2.15. The van der Waals surface area contributed by atoms with Gasteiger partial charge in [0, 0.05) is 31.4 Å². The SMILES string of the molecule is CCc1nccn1CC(N)c1cccc(OC)c1. The zero-order valence-corrected chi connectivity index (χ0v) is 10.8. The first-order chi connectivity index (χ1) is 8.74. The Balaban J connectivity index is 2.13. The topological polar surface area (TPSA) is 53.1 Å². The first kappa shape index (κ1) is 12.6. The van der Waals surface area contributed by atoms with Gasteiger partial charge in [0.1, 0.15) is 11.6 Å². The zero-order chi connectivity index (χ0) is 13.0. The Labute approximate surface area is 107 Å². The van der Waals surface area contributed by atoms with Crippen LogP contribution in [0.25, 0.3) is 0 Å². The number of imidazole rings is 1. The van der Waals surface area contributed by atoms with E-state index in [0.29, 0.717) is 0 Å². The maximum Gasteiger partial charge on any atom is 0.119 e. The maximum atomic E-state index is 6.23. The van der Waals surface area contributed by atoms with Crippen molar-refractivity contribution in [2.24, 2.45) is 5.73 Å². The lowest BCUT2D eigenvalue weighted by Crippen LogP contribution is -2.18. The molecule has 1 aromatic carbocycles. The van der Waals surface area contributed by atoms with E-state index < -0.39 is 0 Å². The number of ether oxygens (including phenoxy) is 1. The van der Waals surface area contributed by atoms with Crippen molar-refractivity contribution < 1.29 is 4.74 Å². The number of nitrogens with zero attached hydrogens (tertiary/aromatic N) is 2. The molecule has 0 fully saturated rings. The summed E-state index contributed by atoms with van der Waals surface area (Å²) < 4.78 is 7.31. The van der Waals surface area contributed by atoms with Crippen molar-refractivity contribution in [3.8, 4) is 5.75 Å². The second kappa shape index (κ2) is 5.69. The van der Waals surface area contributed by atoms with E-state index in [9.17, 15) is 0 Å². The number of methoxy groups -OCH3 is 1. The third kappa shape index (κ3) is 2.71. The summed E-state index contributed by atoms with van der Waals surface area (Å²) in [6.45, 7) is 2.83. The molecule has 0 amide bonds. The molecule has 96 valence electrons. The van der Waals surface area contributed by atoms with E-state index in [1.807, 2.05) is 36.7 Å². The van der Waals surface area contributed by atoms with Crippen LogP contribution in [0.5, 0.6) is 5.75 Å². The third-order valence-corrected chi connectivity index (χ3v) is 3.03. The fourth-order valence-electron chi connectivity index (χ4n) is 2.01. The molecule has 0 saturated heterocycles. The number of hydrogen-bond acceptors (Lipinski definition) is 3. The third-order valence-electron chi connectivity index (χ3n) is 3.03. The van der Waals surface area contributed by atoms with Crippen LogP contribution < -0.4 is 10.5 Å². The summed E-state index contributed by atoms with van der Waals surface area (Å²) in [6.07, 6.45) is 4.70. The van der Waals surface area contributed by atoms with Gasteiger partial charge < -0.3 is 15.0 Å². The molecule has 1 atom stereocenters. The summed E-state index contributed by atoms with van der Waals surface area (Å²) >= 11 is 0. The van der Waals surface area contributed by atoms with Crippen LogP contribution in [0.2, 0.25) is 0 Å². The zero-order valence-electron chi connectivity index (χ0n) is 10.8. The summed E-state index contributed by atoms with van der Waals surface area (Å²) in [6, 6.07) is 7.83. The lowest BCUT2D eigenvalue weighted by Gasteiger charge is -2.15. The molecule has 0 radical (unpaired) electrons. The molecule has 0 aliphatic rings. The van der Waals surface area contributed by atoms with Crippen molar-refractivity contribution in [2.45, 2.75) is 25.9 Å². The minimum absolute atomic E-state index is 0.0559. The van der Waals surface area contributed by atoms with Crippen molar-refractivity contribution >= 4 is 0 Å². The van der Waals surface area contributed by atoms with Gasteiger partial charge in [-0.2, -0.15) is 0 Å². The van der Waals surface area contributed by atoms with Crippen molar-refractivity contribution in [3.63, 3.8) is 0 Å². The second-order valence-corrected chi connectivity index (χ2v) is 4.23. The van der Waals surface area contributed by atoms with Gasteiger partial charge in [-0.3, -0.25) is 0 Å². The van der Waals surface area contributed by atoms with E-state index in [0.717, 1.165) is 30.1 Å². The van der Waals surface area contributed by atoms with Crippen molar-refractivity contribution in [2.75, 3.05) is 7.11 Å². The molecule has 0 aliphatic carbocycles. The van der Waals surface area contributed by atoms with Gasteiger partial charge in [-0.1, -0.05) is 19.1 Å². The van der Waals surface area contributed by atoms with Crippen LogP contribution in [0, 0.1) is 0 Å². The van der Waals surface area contributed by atoms with Crippen LogP contribution in [0.3, 0.4) is 0 Å². The molecule has 0 bridgehead atoms. The fourth-order valence-corrected chi connectivity index (χ4v) is 2.01. The molecule has 0 saturated carbocycles. The van der Waals surface area contributed by atoms with Gasteiger partial charge in [-0.25, -0.2) is 4.98 Å². The molecule has 1 unspecified atom stereocenters. The summed E-state index contributed by atoms with van der Waals surface area (Å²) in [7, 11) is 1.66. The van der Waals surface area contributed by atoms with Gasteiger partial charge in [-0.15, -0.1) is 0 Å². The Morgan fingerprint density at radius 1 is 1.44 bits per heavy atom. The van der Waals surface area contributed by atoms with Gasteiger partial charge in [0.2, 0.25) is 0 Å². The Morgan fingerprint density at radius 2 is 2.28 bits per heavy atom. The van der Waals surface area contributed by atoms with Crippen LogP contribution >= 0.6 is 0 Å². The molecule has 4 nitrogen and oxygen atoms in total. The van der Waals surface area contributed by atoms with Gasteiger partial charge in [0.05, 0.1) is 7.11 Å². The number of rotatable bonds is 5. The summed E-state index contributed by atoms with van der Waals surface area (Å²) in [5.74, 6) is 1.90. The quantitative estimate of drug-likeness (QED) is 0.878. The highest BCUT2D eigenvalue weighted by Crippen LogP contribution is 2.19. The average molecular weight is 245 g/mol. The van der Waals surface area contributed by atoms with E-state index in [-0.39, 0.29) is 6.04 Å². The van der Waals surface area contributed by atoms with E-state index in [1.54, 1.807) is 7.11 Å². The average Bonchev–Trinajstić information content (AvgIpc) is 2.86. The normalized spacial score (nSPS) is 12.4. The van der Waals surface area contributed by atoms with E-state index in [4.69, 9.17) is 10.5 Å². The van der Waals surface area contributed by atoms with Crippen LogP contribution in [-0.4, -0.2) is 16.7 Å². The van der Waals surface area contributed by atoms with E-state index in [2.05, 4.69) is 16.5 Å². The lowest BCUT2D eigenvalue weighted by molar-refractivity contribution is 0.413. The molecule has 4 heteroatoms. The number of benzene rings is 1. The number of aromatic nitrogens is 2. The molecule has 2 aromatic rings. The van der Waals surface area contributed by atoms with Crippen LogP contribution in [-0.2, 0) is 13.0 Å². The smallest absolute Gasteiger partial charge is 0.119 e. The standard InChI is InChI=1S/C14H19N3O/c1-3-14-16-7-8-17(14)10-13(15)11-5-4-6-12(9-11)18-2/h4-9,13H,3,10,15H2,1-2H3. The van der Waals surface area contributed by atoms with Crippen molar-refractivity contribution in [1.29, 1.82) is 0 Å². The first-order valence-electron chi connectivity index (χ1n) is 6.14. The molecule has 0 spiro atoms. The fraction of sp³-hybridized carbons (Fsp3) is 0.357. The highest BCUT2D eigenvalue weighted by atomic mass is 16.5. The Bertz CT molecular complexity index is 507. The lowest BCUT2D eigenvalue weighted by atomic mass is 10.1. The largest absolute Gasteiger partial charge is 0.497 e. The van der Waals surface area contributed by atoms with Crippen molar-refractivity contribution in [3.05, 3.63) is 48.0 Å². The molecular formula is C14H19N3O. The van der Waals surface area contributed by atoms with E-state index in [1.165, 1.54) is 0 Å². The van der Waals surface area contributed by atoms with Crippen molar-refractivity contribution in [1.82, 2.24) is 9.55 Å². The summed E-state index contributed by atoms with van der Waals surface area (Å²) in [4.78, 5) is 4.30. The number of hydrogen-bond donors (Lipinski definition) is 1.